The fourth-order valence-electron chi connectivity index (χ4n) is 1.81. The molecule has 0 saturated carbocycles. The fraction of sp³-hybridized carbons (Fsp3) is 0.700. The zero-order valence-corrected chi connectivity index (χ0v) is 8.65. The van der Waals surface area contributed by atoms with Gasteiger partial charge in [-0.1, -0.05) is 6.08 Å². The van der Waals surface area contributed by atoms with Gasteiger partial charge in [-0.05, 0) is 6.42 Å². The number of aliphatic hydroxyl groups excluding tert-OH is 1. The Bertz CT molecular complexity index is 218. The van der Waals surface area contributed by atoms with Crippen LogP contribution >= 0.6 is 0 Å². The normalized spacial score (nSPS) is 22.1. The van der Waals surface area contributed by atoms with Gasteiger partial charge in [0.05, 0.1) is 12.6 Å². The van der Waals surface area contributed by atoms with Gasteiger partial charge in [0.25, 0.3) is 0 Å². The fourth-order valence-corrected chi connectivity index (χ4v) is 1.81. The third-order valence-electron chi connectivity index (χ3n) is 2.59. The minimum Gasteiger partial charge on any atom is -0.395 e. The highest BCUT2D eigenvalue weighted by Crippen LogP contribution is 2.15. The smallest absolute Gasteiger partial charge is 0.239 e. The highest BCUT2D eigenvalue weighted by molar-refractivity contribution is 5.83. The lowest BCUT2D eigenvalue weighted by Crippen LogP contribution is -2.42. The van der Waals surface area contributed by atoms with E-state index in [9.17, 15) is 4.79 Å². The van der Waals surface area contributed by atoms with Crippen molar-refractivity contribution < 1.29 is 9.90 Å². The quantitative estimate of drug-likeness (QED) is 0.617. The van der Waals surface area contributed by atoms with Crippen molar-refractivity contribution in [3.63, 3.8) is 0 Å². The lowest BCUT2D eigenvalue weighted by atomic mass is 10.2. The second-order valence-electron chi connectivity index (χ2n) is 3.57. The van der Waals surface area contributed by atoms with Crippen LogP contribution in [0.5, 0.6) is 0 Å². The van der Waals surface area contributed by atoms with E-state index in [4.69, 9.17) is 5.11 Å². The van der Waals surface area contributed by atoms with E-state index in [0.717, 1.165) is 13.0 Å². The predicted molar refractivity (Wildman–Crippen MR) is 54.9 cm³/mol. The summed E-state index contributed by atoms with van der Waals surface area (Å²) in [4.78, 5) is 15.4. The van der Waals surface area contributed by atoms with Gasteiger partial charge in [-0.15, -0.1) is 6.58 Å². The lowest BCUT2D eigenvalue weighted by molar-refractivity contribution is -0.131. The van der Waals surface area contributed by atoms with Crippen LogP contribution in [0.2, 0.25) is 0 Å². The highest BCUT2D eigenvalue weighted by atomic mass is 16.3. The van der Waals surface area contributed by atoms with Crippen LogP contribution in [0, 0.1) is 0 Å². The molecule has 0 aromatic heterocycles. The Morgan fingerprint density at radius 1 is 1.79 bits per heavy atom. The molecular weight excluding hydrogens is 180 g/mol. The molecule has 14 heavy (non-hydrogen) atoms. The van der Waals surface area contributed by atoms with Crippen LogP contribution in [0.25, 0.3) is 0 Å². The number of amides is 1. The number of hydrogen-bond acceptors (Lipinski definition) is 3. The van der Waals surface area contributed by atoms with Crippen LogP contribution in [0.3, 0.4) is 0 Å². The molecule has 1 aliphatic heterocycles. The van der Waals surface area contributed by atoms with Crippen molar-refractivity contribution >= 4 is 5.91 Å². The number of likely N-dealkylation sites (N-methyl/N-ethyl adjacent to an activating group) is 1. The first-order chi connectivity index (χ1) is 6.70. The molecule has 1 amide bonds. The summed E-state index contributed by atoms with van der Waals surface area (Å²) in [7, 11) is 1.81. The van der Waals surface area contributed by atoms with Crippen molar-refractivity contribution in [3.05, 3.63) is 12.7 Å². The first kappa shape index (κ1) is 11.2. The van der Waals surface area contributed by atoms with Crippen molar-refractivity contribution in [1.82, 2.24) is 9.80 Å². The van der Waals surface area contributed by atoms with Crippen molar-refractivity contribution in [2.75, 3.05) is 33.3 Å². The van der Waals surface area contributed by atoms with Gasteiger partial charge in [0, 0.05) is 26.7 Å². The Morgan fingerprint density at radius 3 is 2.93 bits per heavy atom. The Hall–Kier alpha value is -0.870. The zero-order valence-electron chi connectivity index (χ0n) is 8.65. The van der Waals surface area contributed by atoms with Crippen LogP contribution in [-0.4, -0.2) is 60.1 Å². The van der Waals surface area contributed by atoms with Gasteiger partial charge in [0.15, 0.2) is 0 Å². The molecule has 1 atom stereocenters. The van der Waals surface area contributed by atoms with Crippen molar-refractivity contribution in [2.24, 2.45) is 0 Å². The third kappa shape index (κ3) is 2.33. The zero-order chi connectivity index (χ0) is 10.6. The molecule has 0 aliphatic carbocycles. The molecule has 1 aliphatic rings. The second-order valence-corrected chi connectivity index (χ2v) is 3.57. The summed E-state index contributed by atoms with van der Waals surface area (Å²) in [6.07, 6.45) is 2.62. The van der Waals surface area contributed by atoms with E-state index in [1.165, 1.54) is 0 Å². The monoisotopic (exact) mass is 198 g/mol. The van der Waals surface area contributed by atoms with E-state index in [2.05, 4.69) is 6.58 Å². The summed E-state index contributed by atoms with van der Waals surface area (Å²) < 4.78 is 0. The summed E-state index contributed by atoms with van der Waals surface area (Å²) in [5.74, 6) is 0.153. The Labute approximate surface area is 84.8 Å². The maximum atomic E-state index is 11.7. The molecule has 1 rings (SSSR count). The minimum absolute atomic E-state index is 0.0647. The molecule has 0 aromatic rings. The topological polar surface area (TPSA) is 43.8 Å². The molecule has 0 aromatic carbocycles. The molecule has 4 nitrogen and oxygen atoms in total. The summed E-state index contributed by atoms with van der Waals surface area (Å²) >= 11 is 0. The summed E-state index contributed by atoms with van der Waals surface area (Å²) in [6.45, 7) is 5.74. The SMILES string of the molecule is C=CCN(CCO)C1CCN(C)C1=O. The molecule has 1 heterocycles. The van der Waals surface area contributed by atoms with Crippen LogP contribution < -0.4 is 0 Å². The van der Waals surface area contributed by atoms with Crippen LogP contribution in [0.1, 0.15) is 6.42 Å². The summed E-state index contributed by atoms with van der Waals surface area (Å²) in [5.41, 5.74) is 0. The number of likely N-dealkylation sites (tertiary alicyclic amines) is 1. The number of nitrogens with zero attached hydrogens (tertiary/aromatic N) is 2. The number of hydrogen-bond donors (Lipinski definition) is 1. The molecule has 0 bridgehead atoms. The van der Waals surface area contributed by atoms with Gasteiger partial charge in [-0.3, -0.25) is 9.69 Å². The van der Waals surface area contributed by atoms with Gasteiger partial charge in [0.1, 0.15) is 0 Å². The third-order valence-corrected chi connectivity index (χ3v) is 2.59. The number of aliphatic hydroxyl groups is 1. The molecule has 0 radical (unpaired) electrons. The highest BCUT2D eigenvalue weighted by Gasteiger charge is 2.32. The summed E-state index contributed by atoms with van der Waals surface area (Å²) in [5, 5.41) is 8.87. The van der Waals surface area contributed by atoms with Crippen molar-refractivity contribution in [3.8, 4) is 0 Å². The minimum atomic E-state index is -0.0647. The van der Waals surface area contributed by atoms with Gasteiger partial charge in [-0.2, -0.15) is 0 Å². The lowest BCUT2D eigenvalue weighted by Gasteiger charge is -2.25. The number of carbonyl (C=O) groups is 1. The molecule has 1 unspecified atom stereocenters. The Morgan fingerprint density at radius 2 is 2.50 bits per heavy atom. The maximum absolute atomic E-state index is 11.7. The number of carbonyl (C=O) groups excluding carboxylic acids is 1. The Balaban J connectivity index is 2.58. The van der Waals surface area contributed by atoms with Crippen LogP contribution in [0.15, 0.2) is 12.7 Å². The molecule has 4 heteroatoms. The second kappa shape index (κ2) is 5.12. The maximum Gasteiger partial charge on any atom is 0.239 e. The van der Waals surface area contributed by atoms with E-state index in [-0.39, 0.29) is 18.6 Å². The first-order valence-electron chi connectivity index (χ1n) is 4.91. The largest absolute Gasteiger partial charge is 0.395 e. The average Bonchev–Trinajstić information content (AvgIpc) is 2.48. The van der Waals surface area contributed by atoms with E-state index < -0.39 is 0 Å². The first-order valence-corrected chi connectivity index (χ1v) is 4.91. The molecule has 80 valence electrons. The van der Waals surface area contributed by atoms with E-state index >= 15 is 0 Å². The van der Waals surface area contributed by atoms with Gasteiger partial charge < -0.3 is 10.0 Å². The molecule has 1 saturated heterocycles. The number of rotatable bonds is 5. The molecule has 1 fully saturated rings. The predicted octanol–water partition coefficient (Wildman–Crippen LogP) is -0.303. The van der Waals surface area contributed by atoms with Crippen LogP contribution in [0.4, 0.5) is 0 Å². The van der Waals surface area contributed by atoms with E-state index in [0.29, 0.717) is 13.1 Å². The van der Waals surface area contributed by atoms with Gasteiger partial charge in [-0.25, -0.2) is 0 Å². The van der Waals surface area contributed by atoms with Gasteiger partial charge >= 0.3 is 0 Å². The average molecular weight is 198 g/mol. The van der Waals surface area contributed by atoms with Crippen molar-refractivity contribution in [2.45, 2.75) is 12.5 Å². The Kier molecular flexibility index (Phi) is 4.10. The molecule has 0 spiro atoms. The molecular formula is C10H18N2O2. The molecule has 1 N–H and O–H groups in total. The summed E-state index contributed by atoms with van der Waals surface area (Å²) in [6, 6.07) is -0.0647. The van der Waals surface area contributed by atoms with Crippen molar-refractivity contribution in [1.29, 1.82) is 0 Å². The van der Waals surface area contributed by atoms with Gasteiger partial charge in [0.2, 0.25) is 5.91 Å². The van der Waals surface area contributed by atoms with E-state index in [1.807, 2.05) is 11.9 Å². The van der Waals surface area contributed by atoms with E-state index in [1.54, 1.807) is 11.0 Å². The standard InChI is InChI=1S/C10H18N2O2/c1-3-5-12(7-8-13)9-4-6-11(2)10(9)14/h3,9,13H,1,4-8H2,2H3. The van der Waals surface area contributed by atoms with Crippen LogP contribution in [-0.2, 0) is 4.79 Å².